The summed E-state index contributed by atoms with van der Waals surface area (Å²) in [5, 5.41) is 24.1. The van der Waals surface area contributed by atoms with Crippen LogP contribution in [-0.4, -0.2) is 41.5 Å². The third-order valence-corrected chi connectivity index (χ3v) is 7.92. The summed E-state index contributed by atoms with van der Waals surface area (Å²) in [6.07, 6.45) is 0. The van der Waals surface area contributed by atoms with Crippen molar-refractivity contribution in [3.63, 3.8) is 0 Å². The van der Waals surface area contributed by atoms with Crippen molar-refractivity contribution in [1.29, 1.82) is 10.5 Å². The molecule has 39 heavy (non-hydrogen) atoms. The molecule has 5 rings (SSSR count). The quantitative estimate of drug-likeness (QED) is 0.461. The Morgan fingerprint density at radius 2 is 1.69 bits per heavy atom. The first-order valence-corrected chi connectivity index (χ1v) is 12.7. The van der Waals surface area contributed by atoms with E-state index < -0.39 is 52.1 Å². The molecule has 2 atom stereocenters. The van der Waals surface area contributed by atoms with E-state index in [4.69, 9.17) is 17.0 Å². The number of anilines is 2. The number of fused-ring (bicyclic) bond motifs is 5. The number of thiocarbonyl (C=S) groups is 1. The molecule has 0 unspecified atom stereocenters. The van der Waals surface area contributed by atoms with Crippen LogP contribution in [0.3, 0.4) is 0 Å². The van der Waals surface area contributed by atoms with Crippen molar-refractivity contribution < 1.29 is 23.5 Å². The molecule has 0 aliphatic carbocycles. The zero-order valence-corrected chi connectivity index (χ0v) is 22.5. The third kappa shape index (κ3) is 3.02. The average molecular weight is 546 g/mol. The number of nitrogens with one attached hydrogen (secondary N) is 1. The van der Waals surface area contributed by atoms with Gasteiger partial charge >= 0.3 is 5.97 Å². The number of likely N-dealkylation sites (N-methyl/N-ethyl adjacent to an activating group) is 1. The van der Waals surface area contributed by atoms with Crippen LogP contribution < -0.4 is 15.1 Å². The molecule has 1 saturated heterocycles. The van der Waals surface area contributed by atoms with Crippen LogP contribution in [0.4, 0.5) is 15.8 Å². The van der Waals surface area contributed by atoms with Gasteiger partial charge in [-0.15, -0.1) is 0 Å². The Hall–Kier alpha value is -4.35. The van der Waals surface area contributed by atoms with Crippen LogP contribution in [0.1, 0.15) is 38.8 Å². The van der Waals surface area contributed by atoms with Crippen LogP contribution in [0.15, 0.2) is 42.5 Å². The largest absolute Gasteiger partial charge is 0.459 e. The minimum absolute atomic E-state index is 0.0771. The number of nitrogens with zero attached hydrogens (tertiary/aromatic N) is 4. The first-order valence-electron chi connectivity index (χ1n) is 12.3. The molecule has 9 nitrogen and oxygen atoms in total. The van der Waals surface area contributed by atoms with Crippen LogP contribution in [0.2, 0.25) is 0 Å². The molecule has 1 N–H and O–H groups in total. The Morgan fingerprint density at radius 3 is 2.31 bits per heavy atom. The van der Waals surface area contributed by atoms with E-state index in [0.717, 1.165) is 17.0 Å². The number of ether oxygens (including phenoxy) is 1. The molecule has 3 aliphatic rings. The second kappa shape index (κ2) is 8.32. The molecule has 3 aliphatic heterocycles. The number of halogens is 1. The molecular formula is C28H24FN5O4S. The summed E-state index contributed by atoms with van der Waals surface area (Å²) in [4.78, 5) is 44.3. The summed E-state index contributed by atoms with van der Waals surface area (Å²) in [6.45, 7) is 6.35. The van der Waals surface area contributed by atoms with Crippen molar-refractivity contribution in [2.75, 3.05) is 22.9 Å². The maximum atomic E-state index is 15.0. The number of carbonyl (C=O) groups is 3. The predicted molar refractivity (Wildman–Crippen MR) is 142 cm³/mol. The number of hydrogen-bond donors (Lipinski definition) is 1. The number of rotatable bonds is 3. The summed E-state index contributed by atoms with van der Waals surface area (Å²) < 4.78 is 20.4. The lowest BCUT2D eigenvalue weighted by molar-refractivity contribution is -0.153. The van der Waals surface area contributed by atoms with Crippen LogP contribution >= 0.6 is 12.2 Å². The van der Waals surface area contributed by atoms with E-state index in [1.165, 1.54) is 11.0 Å². The maximum Gasteiger partial charge on any atom is 0.326 e. The fourth-order valence-corrected chi connectivity index (χ4v) is 6.61. The lowest BCUT2D eigenvalue weighted by atomic mass is 9.54. The number of amides is 2. The molecule has 0 bridgehead atoms. The number of esters is 1. The van der Waals surface area contributed by atoms with Gasteiger partial charge in [0.25, 0.3) is 5.91 Å². The monoisotopic (exact) mass is 545 g/mol. The molecule has 0 saturated carbocycles. The Kier molecular flexibility index (Phi) is 5.61. The van der Waals surface area contributed by atoms with E-state index in [1.807, 2.05) is 12.1 Å². The molecule has 2 aromatic carbocycles. The molecule has 11 heteroatoms. The highest BCUT2D eigenvalue weighted by Gasteiger charge is 2.84. The smallest absolute Gasteiger partial charge is 0.326 e. The van der Waals surface area contributed by atoms with Gasteiger partial charge in [-0.1, -0.05) is 30.4 Å². The van der Waals surface area contributed by atoms with E-state index in [-0.39, 0.29) is 22.8 Å². The zero-order valence-electron chi connectivity index (χ0n) is 21.7. The van der Waals surface area contributed by atoms with E-state index in [1.54, 1.807) is 52.0 Å². The van der Waals surface area contributed by atoms with Crippen LogP contribution in [0.5, 0.6) is 0 Å². The Morgan fingerprint density at radius 1 is 1.05 bits per heavy atom. The standard InChI is InChI=1S/C28H24FN5O4S/c1-5-33-19-9-7-6-8-17(19)28(24(33)37)27(26(14-30,15-31)22(39)32-28)18-12-16(29)10-11-20(18)34(23(27)36)13-21(35)38-25(2,3)4/h6-12H,5,13H2,1-4H3,(H,32,39)/t27-,28+/m0/s1. The van der Waals surface area contributed by atoms with Gasteiger partial charge in [0.1, 0.15) is 23.0 Å². The predicted octanol–water partition coefficient (Wildman–Crippen LogP) is 2.98. The first kappa shape index (κ1) is 26.3. The molecule has 3 heterocycles. The summed E-state index contributed by atoms with van der Waals surface area (Å²) in [6, 6.07) is 14.0. The van der Waals surface area contributed by atoms with Crippen molar-refractivity contribution >= 4 is 46.4 Å². The van der Waals surface area contributed by atoms with Gasteiger partial charge in [-0.25, -0.2) is 4.39 Å². The van der Waals surface area contributed by atoms with Crippen LogP contribution in [0, 0.1) is 33.9 Å². The lowest BCUT2D eigenvalue weighted by Crippen LogP contribution is -2.65. The second-order valence-electron chi connectivity index (χ2n) is 10.6. The van der Waals surface area contributed by atoms with Crippen molar-refractivity contribution in [2.24, 2.45) is 5.41 Å². The van der Waals surface area contributed by atoms with Gasteiger partial charge in [0.2, 0.25) is 11.3 Å². The molecule has 2 spiro atoms. The minimum atomic E-state index is -2.42. The lowest BCUT2D eigenvalue weighted by Gasteiger charge is -2.41. The van der Waals surface area contributed by atoms with Gasteiger partial charge in [-0.2, -0.15) is 10.5 Å². The summed E-state index contributed by atoms with van der Waals surface area (Å²) >= 11 is 5.56. The Bertz CT molecular complexity index is 1560. The van der Waals surface area contributed by atoms with E-state index in [2.05, 4.69) is 5.32 Å². The van der Waals surface area contributed by atoms with Gasteiger partial charge in [0, 0.05) is 29.0 Å². The third-order valence-electron chi connectivity index (χ3n) is 7.51. The highest BCUT2D eigenvalue weighted by Crippen LogP contribution is 2.67. The fourth-order valence-electron chi connectivity index (χ4n) is 6.21. The molecule has 1 fully saturated rings. The highest BCUT2D eigenvalue weighted by atomic mass is 32.1. The van der Waals surface area contributed by atoms with E-state index in [9.17, 15) is 29.3 Å². The number of hydrogen-bond acceptors (Lipinski definition) is 7. The minimum Gasteiger partial charge on any atom is -0.459 e. The zero-order chi connectivity index (χ0) is 28.5. The van der Waals surface area contributed by atoms with Gasteiger partial charge in [-0.05, 0) is 52.0 Å². The SMILES string of the molecule is CCN1C(=O)[C@]2(NC(=S)C(C#N)(C#N)[C@]23C(=O)N(CC(=O)OC(C)(C)C)c2ccc(F)cc23)c2ccccc21. The molecule has 2 amide bonds. The highest BCUT2D eigenvalue weighted by molar-refractivity contribution is 7.80. The van der Waals surface area contributed by atoms with E-state index >= 15 is 0 Å². The second-order valence-corrected chi connectivity index (χ2v) is 11.0. The topological polar surface area (TPSA) is 127 Å². The fraction of sp³-hybridized carbons (Fsp3) is 0.357. The summed E-state index contributed by atoms with van der Waals surface area (Å²) in [5.41, 5.74) is -6.96. The Labute approximate surface area is 229 Å². The number of carbonyl (C=O) groups excluding carboxylic acids is 3. The maximum absolute atomic E-state index is 15.0. The summed E-state index contributed by atoms with van der Waals surface area (Å²) in [7, 11) is 0. The number of benzene rings is 2. The van der Waals surface area contributed by atoms with Gasteiger partial charge in [-0.3, -0.25) is 19.3 Å². The number of para-hydroxylation sites is 1. The number of nitriles is 2. The first-order chi connectivity index (χ1) is 18.4. The van der Waals surface area contributed by atoms with Crippen molar-refractivity contribution in [2.45, 2.75) is 44.2 Å². The van der Waals surface area contributed by atoms with E-state index in [0.29, 0.717) is 11.3 Å². The summed E-state index contributed by atoms with van der Waals surface area (Å²) in [5.74, 6) is -3.06. The molecule has 2 aromatic rings. The molecule has 0 aromatic heterocycles. The molecule has 198 valence electrons. The van der Waals surface area contributed by atoms with Crippen LogP contribution in [0.25, 0.3) is 0 Å². The van der Waals surface area contributed by atoms with Crippen molar-refractivity contribution in [1.82, 2.24) is 5.32 Å². The normalized spacial score (nSPS) is 24.4. The molecule has 0 radical (unpaired) electrons. The average Bonchev–Trinajstić information content (AvgIpc) is 3.36. The van der Waals surface area contributed by atoms with Crippen molar-refractivity contribution in [3.8, 4) is 12.1 Å². The molecular weight excluding hydrogens is 521 g/mol. The van der Waals surface area contributed by atoms with Crippen LogP contribution in [-0.2, 0) is 30.1 Å². The van der Waals surface area contributed by atoms with Gasteiger partial charge < -0.3 is 15.0 Å². The van der Waals surface area contributed by atoms with Gasteiger partial charge in [0.05, 0.1) is 12.1 Å². The Balaban J connectivity index is 1.89. The van der Waals surface area contributed by atoms with Gasteiger partial charge in [0.15, 0.2) is 11.0 Å². The van der Waals surface area contributed by atoms with Crippen molar-refractivity contribution in [3.05, 3.63) is 59.4 Å².